The molecule has 186 valence electrons. The molecule has 3 atom stereocenters. The average Bonchev–Trinajstić information content (AvgIpc) is 3.53. The number of carbonyl (C=O) groups is 3. The van der Waals surface area contributed by atoms with Gasteiger partial charge >= 0.3 is 5.97 Å². The highest BCUT2D eigenvalue weighted by molar-refractivity contribution is 7.15. The molecule has 13 heteroatoms. The summed E-state index contributed by atoms with van der Waals surface area (Å²) in [4.78, 5) is 53.7. The Morgan fingerprint density at radius 3 is 2.83 bits per heavy atom. The molecule has 1 saturated heterocycles. The number of fused-ring (bicyclic) bond motifs is 2. The molecule has 5 rings (SSSR count). The second kappa shape index (κ2) is 9.17. The van der Waals surface area contributed by atoms with Gasteiger partial charge in [-0.15, -0.1) is 11.3 Å². The molecule has 1 fully saturated rings. The molecule has 0 aliphatic carbocycles. The van der Waals surface area contributed by atoms with Crippen molar-refractivity contribution in [3.05, 3.63) is 68.7 Å². The smallest absolute Gasteiger partial charge is 0.355 e. The summed E-state index contributed by atoms with van der Waals surface area (Å²) in [7, 11) is 0. The van der Waals surface area contributed by atoms with Crippen LogP contribution in [0.15, 0.2) is 41.7 Å². The fraction of sp³-hybridized carbons (Fsp3) is 0.304. The summed E-state index contributed by atoms with van der Waals surface area (Å²) in [5, 5.41) is 25.4. The number of esters is 1. The molecule has 0 unspecified atom stereocenters. The number of thiazole rings is 1. The van der Waals surface area contributed by atoms with Crippen LogP contribution in [-0.2, 0) is 32.3 Å². The fourth-order valence-corrected chi connectivity index (χ4v) is 5.73. The number of rotatable bonds is 9. The van der Waals surface area contributed by atoms with Crippen LogP contribution >= 0.6 is 11.3 Å². The van der Waals surface area contributed by atoms with E-state index in [4.69, 9.17) is 4.74 Å². The van der Waals surface area contributed by atoms with Crippen LogP contribution in [0.4, 0.5) is 5.69 Å². The number of aliphatic hydroxyl groups excluding tert-OH is 1. The number of non-ortho nitro benzene ring substituents is 1. The van der Waals surface area contributed by atoms with E-state index in [1.165, 1.54) is 40.5 Å². The maximum Gasteiger partial charge on any atom is 0.355 e. The molecular formula is C23H21N5O7S. The summed E-state index contributed by atoms with van der Waals surface area (Å²) in [6.45, 7) is 1.67. The van der Waals surface area contributed by atoms with E-state index < -0.39 is 22.9 Å². The zero-order valence-electron chi connectivity index (χ0n) is 19.0. The van der Waals surface area contributed by atoms with Gasteiger partial charge in [-0.1, -0.05) is 0 Å². The van der Waals surface area contributed by atoms with Gasteiger partial charge in [-0.05, 0) is 31.0 Å². The predicted octanol–water partition coefficient (Wildman–Crippen LogP) is 1.62. The molecule has 1 aromatic carbocycles. The Hall–Kier alpha value is -4.10. The lowest BCUT2D eigenvalue weighted by atomic mass is 9.83. The Kier molecular flexibility index (Phi) is 6.02. The highest BCUT2D eigenvalue weighted by Crippen LogP contribution is 2.48. The molecule has 3 aromatic rings. The van der Waals surface area contributed by atoms with E-state index in [0.29, 0.717) is 35.4 Å². The minimum Gasteiger partial charge on any atom is -0.456 e. The molecule has 2 N–H and O–H groups in total. The summed E-state index contributed by atoms with van der Waals surface area (Å²) < 4.78 is 7.32. The molecule has 2 aliphatic heterocycles. The Bertz CT molecular complexity index is 1410. The Morgan fingerprint density at radius 2 is 2.17 bits per heavy atom. The van der Waals surface area contributed by atoms with Crippen molar-refractivity contribution in [3.63, 3.8) is 0 Å². The predicted molar refractivity (Wildman–Crippen MR) is 126 cm³/mol. The van der Waals surface area contributed by atoms with Crippen molar-refractivity contribution in [2.24, 2.45) is 5.92 Å². The summed E-state index contributed by atoms with van der Waals surface area (Å²) in [6.07, 6.45) is 1.67. The average molecular weight is 512 g/mol. The normalized spacial score (nSPS) is 19.7. The number of nitrogens with one attached hydrogen (secondary N) is 1. The third-order valence-electron chi connectivity index (χ3n) is 6.44. The number of hydrogen-bond donors (Lipinski definition) is 2. The first-order valence-electron chi connectivity index (χ1n) is 11.1. The quantitative estimate of drug-likeness (QED) is 0.144. The molecule has 2 aliphatic rings. The van der Waals surface area contributed by atoms with Crippen LogP contribution in [0.1, 0.15) is 30.3 Å². The van der Waals surface area contributed by atoms with Crippen LogP contribution < -0.4 is 5.32 Å². The van der Waals surface area contributed by atoms with Crippen molar-refractivity contribution in [3.8, 4) is 0 Å². The lowest BCUT2D eigenvalue weighted by Gasteiger charge is -2.44. The molecule has 36 heavy (non-hydrogen) atoms. The van der Waals surface area contributed by atoms with Crippen molar-refractivity contribution >= 4 is 45.7 Å². The Balaban J connectivity index is 1.46. The van der Waals surface area contributed by atoms with Crippen molar-refractivity contribution in [1.29, 1.82) is 0 Å². The van der Waals surface area contributed by atoms with Gasteiger partial charge in [0.25, 0.3) is 5.69 Å². The van der Waals surface area contributed by atoms with Gasteiger partial charge in [-0.3, -0.25) is 24.1 Å². The van der Waals surface area contributed by atoms with Gasteiger partial charge in [0.1, 0.15) is 23.5 Å². The second-order valence-electron chi connectivity index (χ2n) is 8.56. The van der Waals surface area contributed by atoms with E-state index in [1.807, 2.05) is 5.38 Å². The third-order valence-corrected chi connectivity index (χ3v) is 7.43. The molecule has 2 aromatic heterocycles. The summed E-state index contributed by atoms with van der Waals surface area (Å²) in [5.74, 6) is -1.67. The number of aromatic nitrogens is 2. The zero-order valence-corrected chi connectivity index (χ0v) is 19.8. The van der Waals surface area contributed by atoms with Crippen LogP contribution in [0.3, 0.4) is 0 Å². The van der Waals surface area contributed by atoms with Crippen LogP contribution in [0, 0.1) is 16.0 Å². The second-order valence-corrected chi connectivity index (χ2v) is 9.42. The number of nitro groups is 1. The van der Waals surface area contributed by atoms with Crippen LogP contribution in [0.25, 0.3) is 10.4 Å². The van der Waals surface area contributed by atoms with E-state index >= 15 is 0 Å². The van der Waals surface area contributed by atoms with E-state index in [2.05, 4.69) is 10.3 Å². The topological polar surface area (TPSA) is 156 Å². The molecule has 2 amide bonds. The number of imidazole rings is 1. The van der Waals surface area contributed by atoms with Crippen molar-refractivity contribution in [2.75, 3.05) is 0 Å². The molecule has 12 nitrogen and oxygen atoms in total. The number of nitro benzene ring substituents is 1. The molecule has 0 saturated carbocycles. The van der Waals surface area contributed by atoms with E-state index in [0.717, 1.165) is 4.83 Å². The monoisotopic (exact) mass is 511 g/mol. The number of ether oxygens (including phenoxy) is 1. The number of benzene rings is 1. The molecular weight excluding hydrogens is 490 g/mol. The van der Waals surface area contributed by atoms with E-state index in [-0.39, 0.29) is 36.5 Å². The number of β-lactam (4-membered cyclic amide) rings is 1. The van der Waals surface area contributed by atoms with Gasteiger partial charge in [0.15, 0.2) is 0 Å². The highest BCUT2D eigenvalue weighted by atomic mass is 32.1. The third kappa shape index (κ3) is 3.82. The molecule has 0 radical (unpaired) electrons. The maximum absolute atomic E-state index is 13.3. The fourth-order valence-electron chi connectivity index (χ4n) is 4.73. The lowest BCUT2D eigenvalue weighted by Crippen LogP contribution is -2.61. The number of aliphatic hydroxyl groups is 1. The van der Waals surface area contributed by atoms with Gasteiger partial charge < -0.3 is 20.1 Å². The molecule has 4 heterocycles. The van der Waals surface area contributed by atoms with Gasteiger partial charge in [0, 0.05) is 23.1 Å². The van der Waals surface area contributed by atoms with Gasteiger partial charge in [0.2, 0.25) is 12.3 Å². The first kappa shape index (κ1) is 23.6. The van der Waals surface area contributed by atoms with E-state index in [1.54, 1.807) is 17.7 Å². The van der Waals surface area contributed by atoms with E-state index in [9.17, 15) is 29.6 Å². The standard InChI is InChI=1S/C23H21N5O7S/c1-12(30)19-17-6-15(18-9-36-22-16(7-24-11-29)25-10-26(18)22)20(27(17)21(19)31)23(32)35-8-13-2-4-14(5-3-13)28(33)34/h2-5,9-12,17,19,30H,6-8H2,1H3,(H,24,29)/t12-,17-,19-/m1/s1. The minimum absolute atomic E-state index is 0.0754. The first-order chi connectivity index (χ1) is 17.3. The summed E-state index contributed by atoms with van der Waals surface area (Å²) >= 11 is 1.39. The first-order valence-corrected chi connectivity index (χ1v) is 11.9. The number of nitrogens with zero attached hydrogens (tertiary/aromatic N) is 4. The lowest BCUT2D eigenvalue weighted by molar-refractivity contribution is -0.384. The summed E-state index contributed by atoms with van der Waals surface area (Å²) in [5.41, 5.74) is 2.54. The van der Waals surface area contributed by atoms with Crippen molar-refractivity contribution in [2.45, 2.75) is 38.6 Å². The van der Waals surface area contributed by atoms with Crippen LogP contribution in [0.2, 0.25) is 0 Å². The largest absolute Gasteiger partial charge is 0.456 e. The highest BCUT2D eigenvalue weighted by Gasteiger charge is 2.57. The van der Waals surface area contributed by atoms with Crippen LogP contribution in [-0.4, -0.2) is 54.7 Å². The Morgan fingerprint density at radius 1 is 1.42 bits per heavy atom. The van der Waals surface area contributed by atoms with Crippen molar-refractivity contribution in [1.82, 2.24) is 19.6 Å². The van der Waals surface area contributed by atoms with Crippen molar-refractivity contribution < 1.29 is 29.2 Å². The minimum atomic E-state index is -0.868. The van der Waals surface area contributed by atoms with Gasteiger partial charge in [-0.2, -0.15) is 0 Å². The van der Waals surface area contributed by atoms with Gasteiger partial charge in [0.05, 0.1) is 40.9 Å². The maximum atomic E-state index is 13.3. The Labute approximate surface area is 207 Å². The number of hydrogen-bond acceptors (Lipinski definition) is 9. The molecule has 0 bridgehead atoms. The molecule has 0 spiro atoms. The van der Waals surface area contributed by atoms with Gasteiger partial charge in [-0.25, -0.2) is 9.78 Å². The zero-order chi connectivity index (χ0) is 25.6. The van der Waals surface area contributed by atoms with Crippen LogP contribution in [0.5, 0.6) is 0 Å². The number of amides is 2. The SMILES string of the molecule is C[C@@H](O)[C@H]1C(=O)N2C(C(=O)OCc3ccc([N+](=O)[O-])cc3)=C(c3csc4c(CNC=O)ncn34)C[C@H]12. The summed E-state index contributed by atoms with van der Waals surface area (Å²) in [6, 6.07) is 5.27. The number of carbonyl (C=O) groups excluding carboxylic acids is 3.